The molecule has 6 unspecified atom stereocenters. The number of carbonyl (C=O) groups is 7. The number of ether oxygens (including phenoxy) is 1. The molecule has 27 nitrogen and oxygen atoms in total. The summed E-state index contributed by atoms with van der Waals surface area (Å²) in [5.41, 5.74) is 5.61. The molecule has 0 spiro atoms. The Labute approximate surface area is 495 Å². The summed E-state index contributed by atoms with van der Waals surface area (Å²) in [7, 11) is 0. The van der Waals surface area contributed by atoms with Gasteiger partial charge in [-0.3, -0.25) is 38.7 Å². The van der Waals surface area contributed by atoms with E-state index in [1.54, 1.807) is 40.2 Å². The molecule has 4 aromatic rings. The second-order valence-corrected chi connectivity index (χ2v) is 21.2. The molecule has 1 fully saturated rings. The van der Waals surface area contributed by atoms with E-state index in [9.17, 15) is 64.2 Å². The van der Waals surface area contributed by atoms with Crippen molar-refractivity contribution < 1.29 is 88.7 Å². The Balaban J connectivity index is 0.00000104. The Hall–Kier alpha value is -6.63. The van der Waals surface area contributed by atoms with Crippen LogP contribution in [-0.2, 0) is 70.9 Å². The number of imidazole rings is 2. The van der Waals surface area contributed by atoms with Gasteiger partial charge < -0.3 is 82.6 Å². The van der Waals surface area contributed by atoms with Crippen molar-refractivity contribution >= 4 is 41.4 Å². The van der Waals surface area contributed by atoms with Gasteiger partial charge in [0.05, 0.1) is 42.7 Å². The number of nitrogens with one attached hydrogen (secondary N) is 9. The number of aromatic amines is 2. The molecule has 1 aliphatic rings. The third-order valence-corrected chi connectivity index (χ3v) is 13.2. The van der Waals surface area contributed by atoms with Crippen LogP contribution in [0.15, 0.2) is 61.7 Å². The normalized spacial score (nSPS) is 18.8. The van der Waals surface area contributed by atoms with Gasteiger partial charge in [-0.1, -0.05) is 27.7 Å². The number of aliphatic hydroxyl groups is 5. The molecule has 6 amide bonds. The minimum absolute atomic E-state index is 0. The van der Waals surface area contributed by atoms with Gasteiger partial charge in [-0.15, -0.1) is 0 Å². The number of hydrogen-bond acceptors (Lipinski definition) is 18. The maximum Gasteiger partial charge on any atom is 0.326 e. The largest absolute Gasteiger partial charge is 0.480 e. The first-order valence-corrected chi connectivity index (χ1v) is 27.5. The summed E-state index contributed by atoms with van der Waals surface area (Å²) in [6.07, 6.45) is 4.51. The molecular weight excluding hydrogens is 1260 g/mol. The zero-order valence-electron chi connectivity index (χ0n) is 47.9. The number of H-pyrrole nitrogens is 2. The van der Waals surface area contributed by atoms with Gasteiger partial charge in [-0.25, -0.2) is 14.8 Å². The van der Waals surface area contributed by atoms with Crippen molar-refractivity contribution in [3.8, 4) is 11.4 Å². The number of hydrogen-bond donors (Lipinski definition) is 15. The molecule has 460 valence electrons. The third kappa shape index (κ3) is 24.6. The monoisotopic (exact) mass is 1340 g/mol. The number of carbonyl (C=O) groups excluding carboxylic acids is 6. The van der Waals surface area contributed by atoms with Crippen LogP contribution in [0.2, 0.25) is 0 Å². The van der Waals surface area contributed by atoms with Gasteiger partial charge in [0.25, 0.3) is 0 Å². The molecule has 1 saturated heterocycles. The van der Waals surface area contributed by atoms with Crippen molar-refractivity contribution in [2.24, 2.45) is 11.8 Å². The van der Waals surface area contributed by atoms with Crippen molar-refractivity contribution in [1.29, 1.82) is 0 Å². The van der Waals surface area contributed by atoms with E-state index in [4.69, 9.17) is 4.74 Å². The third-order valence-electron chi connectivity index (χ3n) is 13.2. The van der Waals surface area contributed by atoms with Gasteiger partial charge in [0, 0.05) is 101 Å². The fraction of sp³-hybridized carbons (Fsp3) is 0.582. The van der Waals surface area contributed by atoms with Crippen molar-refractivity contribution in [2.75, 3.05) is 19.6 Å². The molecule has 15 N–H and O–H groups in total. The van der Waals surface area contributed by atoms with E-state index < -0.39 is 109 Å². The average Bonchev–Trinajstić information content (AvgIpc) is 4.14. The molecule has 5 rings (SSSR count). The molecule has 0 aliphatic carbocycles. The van der Waals surface area contributed by atoms with Gasteiger partial charge in [-0.2, -0.15) is 0 Å². The summed E-state index contributed by atoms with van der Waals surface area (Å²) in [6.45, 7) is 12.3. The van der Waals surface area contributed by atoms with Crippen LogP contribution < -0.4 is 37.2 Å². The Morgan fingerprint density at radius 1 is 0.711 bits per heavy atom. The van der Waals surface area contributed by atoms with Crippen LogP contribution in [0.4, 0.5) is 0 Å². The standard InChI is InChI=1S/C43H71N11O14.C12H12N2.Os/c1-23(2)15-29(52-37(60)30(16-27-19-45-22-50-27)53-39(62)35(24(3)4)48-20-43(67)32(57)17-31(56)42(66)68-43)38(61)54-36(25(5)55)40(63)51-28(41(64)65)9-6-7-13-46-33(58)10-8-11-34(59)47-14-12-26-18-44-21-49-26;1-9-3-5-13-11(7-9)12-8-10(2)4-6-14-12;/h18-19,21-25,28-32,35-36,42,48,55-57,66-67H,6-17,20H2,1-5H3,(H,44,49)(H,45,50)(H,46,58)(H,47,59)(H,51,63)(H,52,60)(H,53,62)(H,54,61)(H,64,65);3-8H,1-2H3;/t25?,28?,29?,30?,31-,32-,35?,36?,42+,43-;;/m1../s1. The summed E-state index contributed by atoms with van der Waals surface area (Å²) in [4.78, 5) is 114. The predicted molar refractivity (Wildman–Crippen MR) is 297 cm³/mol. The molecule has 4 aromatic heterocycles. The number of unbranched alkanes of at least 4 members (excludes halogenated alkanes) is 1. The van der Waals surface area contributed by atoms with E-state index in [-0.39, 0.29) is 82.6 Å². The molecule has 83 heavy (non-hydrogen) atoms. The average molecular weight is 1340 g/mol. The van der Waals surface area contributed by atoms with Crippen LogP contribution in [0, 0.1) is 25.7 Å². The van der Waals surface area contributed by atoms with Crippen molar-refractivity contribution in [1.82, 2.24) is 67.1 Å². The van der Waals surface area contributed by atoms with Crippen LogP contribution in [0.5, 0.6) is 0 Å². The topological polar surface area (TPSA) is 417 Å². The van der Waals surface area contributed by atoms with E-state index >= 15 is 0 Å². The molecule has 5 heterocycles. The van der Waals surface area contributed by atoms with E-state index in [1.807, 2.05) is 36.7 Å². The van der Waals surface area contributed by atoms with Gasteiger partial charge >= 0.3 is 5.97 Å². The van der Waals surface area contributed by atoms with Crippen LogP contribution in [0.1, 0.15) is 109 Å². The van der Waals surface area contributed by atoms with Crippen molar-refractivity contribution in [2.45, 2.75) is 173 Å². The molecule has 1 aliphatic heterocycles. The van der Waals surface area contributed by atoms with Gasteiger partial charge in [0.15, 0.2) is 6.29 Å². The SMILES string of the molecule is CC(C)CC(NC(=O)C(Cc1cnc[nH]1)NC(=O)C(NC[C@@]1(O)O[C@H](O)[C@H](O)C[C@H]1O)C(C)C)C(=O)NC(C(=O)NC(CCCCNC(=O)CCCC(=O)NCCc1cnc[nH]1)C(=O)O)C(C)O.Cc1ccnc(-c2cc(C)ccn2)c1.[Os]. The number of pyridine rings is 2. The molecule has 0 saturated carbocycles. The first-order valence-electron chi connectivity index (χ1n) is 27.5. The smallest absolute Gasteiger partial charge is 0.326 e. The number of aliphatic hydroxyl groups excluding tert-OH is 4. The van der Waals surface area contributed by atoms with Crippen molar-refractivity contribution in [3.63, 3.8) is 0 Å². The number of amides is 6. The molecule has 10 atom stereocenters. The van der Waals surface area contributed by atoms with E-state index in [0.717, 1.165) is 17.1 Å². The number of carboxylic acids is 1. The fourth-order valence-electron chi connectivity index (χ4n) is 8.58. The van der Waals surface area contributed by atoms with Crippen LogP contribution in [0.25, 0.3) is 11.4 Å². The molecule has 0 radical (unpaired) electrons. The zero-order valence-corrected chi connectivity index (χ0v) is 50.4. The Morgan fingerprint density at radius 2 is 1.25 bits per heavy atom. The minimum atomic E-state index is -2.38. The Morgan fingerprint density at radius 3 is 1.78 bits per heavy atom. The number of carboxylic acid groups (broad SMARTS) is 1. The van der Waals surface area contributed by atoms with E-state index in [1.165, 1.54) is 30.6 Å². The summed E-state index contributed by atoms with van der Waals surface area (Å²) in [5, 5.41) is 79.9. The number of aromatic nitrogens is 6. The summed E-state index contributed by atoms with van der Waals surface area (Å²) in [5.74, 6) is -8.34. The maximum atomic E-state index is 14.0. The quantitative estimate of drug-likeness (QED) is 0.0281. The van der Waals surface area contributed by atoms with Crippen molar-refractivity contribution in [3.05, 3.63) is 84.2 Å². The number of rotatable bonds is 31. The molecular formula is C55H83N13O14Os. The number of aliphatic carboxylic acids is 1. The molecule has 0 bridgehead atoms. The molecule has 0 aromatic carbocycles. The summed E-state index contributed by atoms with van der Waals surface area (Å²) in [6, 6.07) is 1.21. The van der Waals surface area contributed by atoms with Crippen LogP contribution >= 0.6 is 0 Å². The van der Waals surface area contributed by atoms with E-state index in [0.29, 0.717) is 31.5 Å². The second kappa shape index (κ2) is 35.5. The van der Waals surface area contributed by atoms with Gasteiger partial charge in [0.1, 0.15) is 36.4 Å². The summed E-state index contributed by atoms with van der Waals surface area (Å²) >= 11 is 0. The number of aryl methyl sites for hydroxylation is 2. The fourth-order valence-corrected chi connectivity index (χ4v) is 8.58. The Bertz CT molecular complexity index is 2610. The predicted octanol–water partition coefficient (Wildman–Crippen LogP) is -0.537. The molecule has 28 heteroatoms. The van der Waals surface area contributed by atoms with Crippen LogP contribution in [-0.4, -0.2) is 182 Å². The van der Waals surface area contributed by atoms with Gasteiger partial charge in [0.2, 0.25) is 41.2 Å². The van der Waals surface area contributed by atoms with E-state index in [2.05, 4.69) is 81.0 Å². The Kier molecular flexibility index (Phi) is 30.2. The minimum Gasteiger partial charge on any atom is -0.480 e. The maximum absolute atomic E-state index is 14.0. The zero-order chi connectivity index (χ0) is 60.5. The first-order chi connectivity index (χ1) is 38.8. The second-order valence-electron chi connectivity index (χ2n) is 21.2. The van der Waals surface area contributed by atoms with Gasteiger partial charge in [-0.05, 0) is 100 Å². The number of nitrogens with zero attached hydrogens (tertiary/aromatic N) is 4. The first kappa shape index (κ1) is 70.6. The summed E-state index contributed by atoms with van der Waals surface area (Å²) < 4.78 is 5.05. The van der Waals surface area contributed by atoms with Crippen LogP contribution in [0.3, 0.4) is 0 Å².